The van der Waals surface area contributed by atoms with Gasteiger partial charge in [-0.3, -0.25) is 25.3 Å². The molecule has 1 unspecified atom stereocenters. The van der Waals surface area contributed by atoms with Gasteiger partial charge in [-0.15, -0.1) is 0 Å². The Kier molecular flexibility index (Phi) is 8.75. The summed E-state index contributed by atoms with van der Waals surface area (Å²) in [7, 11) is 0. The molecule has 244 valence electrons. The normalized spacial score (nSPS) is 16.6. The Morgan fingerprint density at radius 3 is 2.46 bits per heavy atom. The molecule has 0 radical (unpaired) electrons. The quantitative estimate of drug-likeness (QED) is 0.144. The Morgan fingerprint density at radius 2 is 1.73 bits per heavy atom. The minimum Gasteiger partial charge on any atom is -0.343 e. The average molecular weight is 664 g/mol. The highest BCUT2D eigenvalue weighted by atomic mass is 35.5. The zero-order chi connectivity index (χ0) is 33.4. The summed E-state index contributed by atoms with van der Waals surface area (Å²) in [5.41, 5.74) is 4.86. The van der Waals surface area contributed by atoms with Crippen molar-refractivity contribution in [1.29, 1.82) is 5.41 Å². The number of aromatic nitrogens is 2. The molecule has 1 amide bonds. The molecule has 9 nitrogen and oxygen atoms in total. The van der Waals surface area contributed by atoms with Crippen molar-refractivity contribution in [3.63, 3.8) is 0 Å². The zero-order valence-electron chi connectivity index (χ0n) is 26.5. The van der Waals surface area contributed by atoms with E-state index in [-0.39, 0.29) is 36.1 Å². The third-order valence-electron chi connectivity index (χ3n) is 9.52. The van der Waals surface area contributed by atoms with Gasteiger partial charge in [-0.05, 0) is 80.1 Å². The number of anilines is 2. The summed E-state index contributed by atoms with van der Waals surface area (Å²) in [6.45, 7) is 3.59. The van der Waals surface area contributed by atoms with Crippen LogP contribution in [-0.4, -0.2) is 51.3 Å². The van der Waals surface area contributed by atoms with E-state index in [0.717, 1.165) is 36.8 Å². The number of guanidine groups is 1. The van der Waals surface area contributed by atoms with Gasteiger partial charge in [-0.2, -0.15) is 0 Å². The lowest BCUT2D eigenvalue weighted by atomic mass is 9.82. The zero-order valence-corrected chi connectivity index (χ0v) is 27.2. The van der Waals surface area contributed by atoms with Gasteiger partial charge >= 0.3 is 0 Å². The predicted octanol–water partition coefficient (Wildman–Crippen LogP) is 7.02. The molecule has 2 aliphatic heterocycles. The molecule has 1 saturated heterocycles. The van der Waals surface area contributed by atoms with Gasteiger partial charge in [0, 0.05) is 69.6 Å². The molecule has 4 aromatic rings. The fourth-order valence-electron chi connectivity index (χ4n) is 6.56. The third kappa shape index (κ3) is 6.57. The number of rotatable bonds is 7. The molecule has 1 saturated carbocycles. The van der Waals surface area contributed by atoms with E-state index < -0.39 is 0 Å². The van der Waals surface area contributed by atoms with Crippen molar-refractivity contribution in [2.45, 2.75) is 39.2 Å². The summed E-state index contributed by atoms with van der Waals surface area (Å²) < 4.78 is 14.8. The largest absolute Gasteiger partial charge is 0.343 e. The van der Waals surface area contributed by atoms with Crippen molar-refractivity contribution in [3.05, 3.63) is 106 Å². The van der Waals surface area contributed by atoms with Crippen LogP contribution in [0.4, 0.5) is 16.0 Å². The number of nitrogens with one attached hydrogen (secondary N) is 3. The number of hydrogen-bond acceptors (Lipinski definition) is 7. The number of benzene rings is 3. The molecular weight excluding hydrogens is 629 g/mol. The molecule has 3 N–H and O–H groups in total. The molecule has 3 aliphatic rings. The molecule has 0 spiro atoms. The lowest BCUT2D eigenvalue weighted by molar-refractivity contribution is -0.125. The molecule has 0 bridgehead atoms. The van der Waals surface area contributed by atoms with Crippen LogP contribution in [0.3, 0.4) is 0 Å². The molecule has 3 aromatic carbocycles. The first-order chi connectivity index (χ1) is 23.2. The van der Waals surface area contributed by atoms with Crippen LogP contribution >= 0.6 is 11.6 Å². The second kappa shape index (κ2) is 13.3. The van der Waals surface area contributed by atoms with E-state index in [1.54, 1.807) is 60.8 Å². The highest BCUT2D eigenvalue weighted by Crippen LogP contribution is 2.37. The Hall–Kier alpha value is -4.96. The van der Waals surface area contributed by atoms with Gasteiger partial charge in [0.1, 0.15) is 11.6 Å². The molecule has 48 heavy (non-hydrogen) atoms. The maximum absolute atomic E-state index is 14.8. The summed E-state index contributed by atoms with van der Waals surface area (Å²) in [6, 6.07) is 18.8. The van der Waals surface area contributed by atoms with Gasteiger partial charge in [0.25, 0.3) is 5.91 Å². The number of likely N-dealkylation sites (tertiary alicyclic amines) is 1. The van der Waals surface area contributed by atoms with E-state index in [1.165, 1.54) is 6.07 Å². The number of piperidine rings is 1. The number of carbonyl (C=O) groups is 2. The minimum atomic E-state index is -0.372. The Bertz CT molecular complexity index is 1930. The second-order valence-electron chi connectivity index (χ2n) is 12.7. The van der Waals surface area contributed by atoms with Crippen LogP contribution in [0.2, 0.25) is 5.02 Å². The lowest BCUT2D eigenvalue weighted by Crippen LogP contribution is -2.48. The van der Waals surface area contributed by atoms with E-state index in [1.807, 2.05) is 17.9 Å². The molecule has 7 rings (SSSR count). The fourth-order valence-corrected chi connectivity index (χ4v) is 6.73. The maximum Gasteiger partial charge on any atom is 0.257 e. The Morgan fingerprint density at radius 1 is 0.979 bits per heavy atom. The van der Waals surface area contributed by atoms with E-state index in [0.29, 0.717) is 69.5 Å². The van der Waals surface area contributed by atoms with Crippen molar-refractivity contribution >= 4 is 46.6 Å². The lowest BCUT2D eigenvalue weighted by Gasteiger charge is -2.35. The fraction of sp³-hybridized carbons (Fsp3) is 0.297. The first-order valence-electron chi connectivity index (χ1n) is 16.3. The standard InChI is InChI=1S/C37H35ClFN7O2/c1-21(34(47)23-6-7-23)22-14-16-46(17-15-22)36(40)45-35(48)24-8-11-27(12-9-24)43-37-42-20-25-19-41-33(29-4-2-3-5-31(29)39)30-18-26(38)10-13-28(30)32(25)44-37/h2-5,8-13,18,20-23H,6-7,14-17,19H2,1H3,(H2,40,45,48)(H,42,43,44). The molecule has 2 fully saturated rings. The van der Waals surface area contributed by atoms with E-state index >= 15 is 0 Å². The SMILES string of the molecule is CC(C(=O)C1CC1)C1CCN(C(=N)NC(=O)c2ccc(Nc3ncc4c(n3)-c3ccc(Cl)cc3C(c3ccccc3F)=NC4)cc2)CC1. The topological polar surface area (TPSA) is 123 Å². The van der Waals surface area contributed by atoms with Crippen molar-refractivity contribution in [3.8, 4) is 11.3 Å². The molecule has 3 heterocycles. The van der Waals surface area contributed by atoms with Crippen LogP contribution in [0.1, 0.15) is 59.7 Å². The molecule has 1 aromatic heterocycles. The van der Waals surface area contributed by atoms with Crippen LogP contribution in [0.15, 0.2) is 77.9 Å². The van der Waals surface area contributed by atoms with E-state index in [4.69, 9.17) is 27.0 Å². The van der Waals surface area contributed by atoms with Gasteiger partial charge in [-0.1, -0.05) is 36.7 Å². The van der Waals surface area contributed by atoms with Crippen LogP contribution in [0.5, 0.6) is 0 Å². The molecule has 1 aliphatic carbocycles. The molecule has 11 heteroatoms. The number of hydrogen-bond donors (Lipinski definition) is 3. The number of Topliss-reactive ketones (excluding diaryl/α,β-unsaturated/α-hetero) is 1. The number of ketones is 1. The van der Waals surface area contributed by atoms with Crippen LogP contribution < -0.4 is 10.6 Å². The minimum absolute atomic E-state index is 0.0640. The van der Waals surface area contributed by atoms with E-state index in [9.17, 15) is 14.0 Å². The van der Waals surface area contributed by atoms with Gasteiger partial charge in [0.05, 0.1) is 18.0 Å². The highest BCUT2D eigenvalue weighted by Gasteiger charge is 2.37. The maximum atomic E-state index is 14.8. The Balaban J connectivity index is 1.01. The number of carbonyl (C=O) groups excluding carboxylic acids is 2. The van der Waals surface area contributed by atoms with Crippen molar-refractivity contribution in [2.24, 2.45) is 22.7 Å². The molecule has 1 atom stereocenters. The summed E-state index contributed by atoms with van der Waals surface area (Å²) >= 11 is 6.38. The third-order valence-corrected chi connectivity index (χ3v) is 9.75. The molecular formula is C37H35ClFN7O2. The van der Waals surface area contributed by atoms with Gasteiger partial charge < -0.3 is 10.2 Å². The first kappa shape index (κ1) is 31.6. The summed E-state index contributed by atoms with van der Waals surface area (Å²) in [6.07, 6.45) is 5.43. The van der Waals surface area contributed by atoms with Crippen molar-refractivity contribution in [1.82, 2.24) is 20.2 Å². The van der Waals surface area contributed by atoms with Gasteiger partial charge in [0.2, 0.25) is 5.95 Å². The number of fused-ring (bicyclic) bond motifs is 3. The van der Waals surface area contributed by atoms with Crippen LogP contribution in [-0.2, 0) is 11.3 Å². The first-order valence-corrected chi connectivity index (χ1v) is 16.6. The number of amides is 1. The van der Waals surface area contributed by atoms with Gasteiger partial charge in [0.15, 0.2) is 5.96 Å². The Labute approximate surface area is 283 Å². The van der Waals surface area contributed by atoms with Crippen molar-refractivity contribution in [2.75, 3.05) is 18.4 Å². The average Bonchev–Trinajstić information content (AvgIpc) is 3.96. The summed E-state index contributed by atoms with van der Waals surface area (Å²) in [5.74, 6) is 0.735. The number of nitrogens with zero attached hydrogens (tertiary/aromatic N) is 4. The predicted molar refractivity (Wildman–Crippen MR) is 184 cm³/mol. The summed E-state index contributed by atoms with van der Waals surface area (Å²) in [4.78, 5) is 41.4. The number of halogens is 2. The van der Waals surface area contributed by atoms with E-state index in [2.05, 4.69) is 15.6 Å². The second-order valence-corrected chi connectivity index (χ2v) is 13.1. The van der Waals surface area contributed by atoms with Crippen LogP contribution in [0, 0.1) is 29.0 Å². The van der Waals surface area contributed by atoms with Gasteiger partial charge in [-0.25, -0.2) is 14.4 Å². The smallest absolute Gasteiger partial charge is 0.257 e. The van der Waals surface area contributed by atoms with Crippen molar-refractivity contribution < 1.29 is 14.0 Å². The summed E-state index contributed by atoms with van der Waals surface area (Å²) in [5, 5.41) is 14.9. The number of aliphatic imine (C=N–C) groups is 1. The highest BCUT2D eigenvalue weighted by molar-refractivity contribution is 6.31. The monoisotopic (exact) mass is 663 g/mol. The van der Waals surface area contributed by atoms with Crippen LogP contribution in [0.25, 0.3) is 11.3 Å².